The second kappa shape index (κ2) is 4.05. The molecule has 4 atom stereocenters. The summed E-state index contributed by atoms with van der Waals surface area (Å²) in [6.07, 6.45) is 1.90. The van der Waals surface area contributed by atoms with E-state index in [1.165, 1.54) is 0 Å². The molecule has 1 aromatic carbocycles. The van der Waals surface area contributed by atoms with Gasteiger partial charge in [0, 0.05) is 0 Å². The van der Waals surface area contributed by atoms with Gasteiger partial charge in [0.1, 0.15) is 3.78 Å². The summed E-state index contributed by atoms with van der Waals surface area (Å²) in [6, 6.07) is 5.88. The standard InChI is InChI=1S/C12H7BrCl4/c13-12(17)7-3-1-2-5-9(7)6(4-8(12)14)11(16)10(5)15/h1-4,8,10-11H. The minimum absolute atomic E-state index is 0.222. The number of rotatable bonds is 0. The average Bonchev–Trinajstić information content (AvgIpc) is 2.53. The molecule has 5 heteroatoms. The third-order valence-electron chi connectivity index (χ3n) is 3.27. The maximum atomic E-state index is 6.47. The first-order chi connectivity index (χ1) is 7.94. The van der Waals surface area contributed by atoms with E-state index in [4.69, 9.17) is 46.4 Å². The number of hydrogen-bond donors (Lipinski definition) is 0. The van der Waals surface area contributed by atoms with Crippen LogP contribution in [-0.4, -0.2) is 10.8 Å². The molecule has 17 heavy (non-hydrogen) atoms. The van der Waals surface area contributed by atoms with Crippen LogP contribution in [0.25, 0.3) is 5.57 Å². The molecule has 0 bridgehead atoms. The molecule has 0 nitrogen and oxygen atoms in total. The Labute approximate surface area is 128 Å². The molecule has 3 rings (SSSR count). The molecule has 0 radical (unpaired) electrons. The molecule has 1 aromatic rings. The highest BCUT2D eigenvalue weighted by molar-refractivity contribution is 9.10. The first-order valence-electron chi connectivity index (χ1n) is 5.10. The fourth-order valence-corrected chi connectivity index (χ4v) is 4.01. The summed E-state index contributed by atoms with van der Waals surface area (Å²) < 4.78 is -0.791. The second-order valence-corrected chi connectivity index (χ2v) is 7.93. The van der Waals surface area contributed by atoms with E-state index in [9.17, 15) is 0 Å². The van der Waals surface area contributed by atoms with Crippen LogP contribution in [0.2, 0.25) is 0 Å². The van der Waals surface area contributed by atoms with Crippen molar-refractivity contribution < 1.29 is 0 Å². The Morgan fingerprint density at radius 3 is 2.53 bits per heavy atom. The molecule has 0 saturated carbocycles. The van der Waals surface area contributed by atoms with E-state index in [1.54, 1.807) is 0 Å². The summed E-state index contributed by atoms with van der Waals surface area (Å²) in [5.74, 6) is 0. The lowest BCUT2D eigenvalue weighted by atomic mass is 9.91. The zero-order chi connectivity index (χ0) is 12.4. The molecule has 2 aliphatic rings. The number of halogens is 5. The van der Waals surface area contributed by atoms with Crippen LogP contribution in [0.1, 0.15) is 22.1 Å². The molecule has 0 spiro atoms. The van der Waals surface area contributed by atoms with E-state index in [2.05, 4.69) is 15.9 Å². The Balaban J connectivity index is 2.34. The van der Waals surface area contributed by atoms with Crippen molar-refractivity contribution in [2.24, 2.45) is 0 Å². The Kier molecular flexibility index (Phi) is 3.00. The SMILES string of the molecule is ClC1C2=CC(Cl)C(Cl)(Br)c3cccc(c32)C1Cl. The molecule has 0 saturated heterocycles. The summed E-state index contributed by atoms with van der Waals surface area (Å²) in [5, 5.41) is -0.820. The summed E-state index contributed by atoms with van der Waals surface area (Å²) in [5.41, 5.74) is 4.02. The predicted molar refractivity (Wildman–Crippen MR) is 78.8 cm³/mol. The molecule has 0 amide bonds. The molecule has 0 aliphatic heterocycles. The maximum Gasteiger partial charge on any atom is 0.144 e. The van der Waals surface area contributed by atoms with Crippen molar-refractivity contribution in [2.45, 2.75) is 19.9 Å². The number of hydrogen-bond acceptors (Lipinski definition) is 0. The van der Waals surface area contributed by atoms with Crippen molar-refractivity contribution in [3.8, 4) is 0 Å². The van der Waals surface area contributed by atoms with Crippen LogP contribution >= 0.6 is 62.3 Å². The van der Waals surface area contributed by atoms with Crippen LogP contribution in [0.5, 0.6) is 0 Å². The van der Waals surface area contributed by atoms with E-state index in [0.717, 1.165) is 22.3 Å². The molecule has 0 N–H and O–H groups in total. The smallest absolute Gasteiger partial charge is 0.116 e. The highest BCUT2D eigenvalue weighted by Gasteiger charge is 2.46. The second-order valence-electron chi connectivity index (χ2n) is 4.22. The number of allylic oxidation sites excluding steroid dienone is 2. The van der Waals surface area contributed by atoms with Gasteiger partial charge in [-0.05, 0) is 22.3 Å². The first kappa shape index (κ1) is 12.6. The van der Waals surface area contributed by atoms with Crippen LogP contribution in [-0.2, 0) is 3.78 Å². The third-order valence-corrected chi connectivity index (χ3v) is 6.56. The highest BCUT2D eigenvalue weighted by Crippen LogP contribution is 2.57. The van der Waals surface area contributed by atoms with Gasteiger partial charge >= 0.3 is 0 Å². The molecular formula is C12H7BrCl4. The van der Waals surface area contributed by atoms with Crippen LogP contribution in [0, 0.1) is 0 Å². The van der Waals surface area contributed by atoms with E-state index in [1.807, 2.05) is 24.3 Å². The van der Waals surface area contributed by atoms with Gasteiger partial charge in [0.25, 0.3) is 0 Å². The van der Waals surface area contributed by atoms with Crippen molar-refractivity contribution in [2.75, 3.05) is 0 Å². The largest absolute Gasteiger partial charge is 0.144 e. The fraction of sp³-hybridized carbons (Fsp3) is 0.333. The summed E-state index contributed by atoms with van der Waals surface area (Å²) in [7, 11) is 0. The Morgan fingerprint density at radius 1 is 1.12 bits per heavy atom. The first-order valence-corrected chi connectivity index (χ1v) is 7.58. The molecule has 90 valence electrons. The zero-order valence-electron chi connectivity index (χ0n) is 8.43. The van der Waals surface area contributed by atoms with Gasteiger partial charge in [-0.15, -0.1) is 34.8 Å². The van der Waals surface area contributed by atoms with Gasteiger partial charge in [-0.1, -0.05) is 51.8 Å². The van der Waals surface area contributed by atoms with Crippen molar-refractivity contribution in [1.82, 2.24) is 0 Å². The number of alkyl halides is 5. The lowest BCUT2D eigenvalue weighted by molar-refractivity contribution is 0.889. The average molecular weight is 373 g/mol. The molecule has 2 aliphatic carbocycles. The maximum absolute atomic E-state index is 6.47. The topological polar surface area (TPSA) is 0 Å². The Bertz CT molecular complexity index is 523. The minimum atomic E-state index is -0.791. The third kappa shape index (κ3) is 1.63. The van der Waals surface area contributed by atoms with Crippen LogP contribution in [0.3, 0.4) is 0 Å². The molecule has 0 heterocycles. The van der Waals surface area contributed by atoms with Crippen molar-refractivity contribution in [1.29, 1.82) is 0 Å². The normalized spacial score (nSPS) is 38.9. The molecule has 0 aromatic heterocycles. The zero-order valence-corrected chi connectivity index (χ0v) is 13.0. The van der Waals surface area contributed by atoms with Crippen LogP contribution in [0.4, 0.5) is 0 Å². The van der Waals surface area contributed by atoms with Gasteiger partial charge in [-0.25, -0.2) is 0 Å². The van der Waals surface area contributed by atoms with Gasteiger partial charge in [0.2, 0.25) is 0 Å². The van der Waals surface area contributed by atoms with Gasteiger partial charge in [0.15, 0.2) is 0 Å². The van der Waals surface area contributed by atoms with Crippen LogP contribution < -0.4 is 0 Å². The van der Waals surface area contributed by atoms with E-state index in [0.29, 0.717) is 0 Å². The highest BCUT2D eigenvalue weighted by atomic mass is 79.9. The van der Waals surface area contributed by atoms with E-state index in [-0.39, 0.29) is 16.1 Å². The lowest BCUT2D eigenvalue weighted by Gasteiger charge is -2.31. The fourth-order valence-electron chi connectivity index (χ4n) is 2.44. The molecule has 4 unspecified atom stereocenters. The monoisotopic (exact) mass is 370 g/mol. The van der Waals surface area contributed by atoms with Gasteiger partial charge in [-0.3, -0.25) is 0 Å². The van der Waals surface area contributed by atoms with Crippen molar-refractivity contribution in [3.63, 3.8) is 0 Å². The van der Waals surface area contributed by atoms with Gasteiger partial charge in [-0.2, -0.15) is 0 Å². The number of benzene rings is 1. The van der Waals surface area contributed by atoms with Crippen LogP contribution in [0.15, 0.2) is 24.3 Å². The van der Waals surface area contributed by atoms with Crippen molar-refractivity contribution >= 4 is 67.9 Å². The Morgan fingerprint density at radius 2 is 1.82 bits per heavy atom. The minimum Gasteiger partial charge on any atom is -0.116 e. The summed E-state index contributed by atoms with van der Waals surface area (Å²) >= 11 is 28.9. The van der Waals surface area contributed by atoms with Gasteiger partial charge < -0.3 is 0 Å². The van der Waals surface area contributed by atoms with E-state index < -0.39 is 3.78 Å². The summed E-state index contributed by atoms with van der Waals surface area (Å²) in [6.45, 7) is 0. The predicted octanol–water partition coefficient (Wildman–Crippen LogP) is 5.38. The molecule has 0 fully saturated rings. The lowest BCUT2D eigenvalue weighted by Crippen LogP contribution is -2.27. The van der Waals surface area contributed by atoms with Gasteiger partial charge in [0.05, 0.1) is 16.1 Å². The van der Waals surface area contributed by atoms with Crippen molar-refractivity contribution in [3.05, 3.63) is 41.0 Å². The quantitative estimate of drug-likeness (QED) is 0.536. The Hall–Kier alpha value is 0.600. The molecular weight excluding hydrogens is 366 g/mol. The van der Waals surface area contributed by atoms with E-state index >= 15 is 0 Å². The summed E-state index contributed by atoms with van der Waals surface area (Å²) in [4.78, 5) is 0.